The van der Waals surface area contributed by atoms with Gasteiger partial charge in [0, 0.05) is 27.9 Å². The highest BCUT2D eigenvalue weighted by Crippen LogP contribution is 2.25. The molecule has 0 bridgehead atoms. The number of hydrogen-bond donors (Lipinski definition) is 0. The molecule has 1 aromatic heterocycles. The summed E-state index contributed by atoms with van der Waals surface area (Å²) in [7, 11) is 0. The van der Waals surface area contributed by atoms with Gasteiger partial charge in [-0.05, 0) is 67.7 Å². The van der Waals surface area contributed by atoms with Crippen LogP contribution in [0.4, 0.5) is 14.5 Å². The second-order valence-corrected chi connectivity index (χ2v) is 9.11. The van der Waals surface area contributed by atoms with Crippen molar-refractivity contribution in [3.8, 4) is 5.75 Å². The molecule has 1 amide bonds. The van der Waals surface area contributed by atoms with Crippen molar-refractivity contribution in [2.45, 2.75) is 20.0 Å². The SMILES string of the molecule is C=NC=C(C=CC)CN(C(=O)Cc1c(F)cc(Cl)cc1F)c1ccc(OCc2ccc3ccccc3n2)cc1. The molecule has 0 fully saturated rings. The monoisotopic (exact) mass is 545 g/mol. The van der Waals surface area contributed by atoms with E-state index in [0.29, 0.717) is 17.0 Å². The molecule has 8 heteroatoms. The smallest absolute Gasteiger partial charge is 0.231 e. The van der Waals surface area contributed by atoms with Crippen molar-refractivity contribution in [1.29, 1.82) is 0 Å². The third kappa shape index (κ3) is 7.15. The molecule has 5 nitrogen and oxygen atoms in total. The van der Waals surface area contributed by atoms with Crippen LogP contribution in [-0.4, -0.2) is 24.2 Å². The third-order valence-electron chi connectivity index (χ3n) is 5.90. The van der Waals surface area contributed by atoms with Crippen molar-refractivity contribution in [3.63, 3.8) is 0 Å². The fourth-order valence-corrected chi connectivity index (χ4v) is 4.22. The van der Waals surface area contributed by atoms with Gasteiger partial charge in [0.25, 0.3) is 0 Å². The number of halogens is 3. The van der Waals surface area contributed by atoms with E-state index < -0.39 is 24.0 Å². The highest BCUT2D eigenvalue weighted by molar-refractivity contribution is 6.30. The van der Waals surface area contributed by atoms with E-state index in [1.807, 2.05) is 43.3 Å². The van der Waals surface area contributed by atoms with Gasteiger partial charge in [-0.1, -0.05) is 48.0 Å². The molecule has 0 aliphatic rings. The van der Waals surface area contributed by atoms with Gasteiger partial charge >= 0.3 is 0 Å². The molecule has 0 unspecified atom stereocenters. The molecule has 39 heavy (non-hydrogen) atoms. The van der Waals surface area contributed by atoms with Gasteiger partial charge in [0.15, 0.2) is 0 Å². The number of carbonyl (C=O) groups is 1. The number of fused-ring (bicyclic) bond motifs is 1. The van der Waals surface area contributed by atoms with Crippen molar-refractivity contribution >= 4 is 40.8 Å². The quantitative estimate of drug-likeness (QED) is 0.153. The van der Waals surface area contributed by atoms with E-state index in [2.05, 4.69) is 16.7 Å². The number of aliphatic imine (C=N–C) groups is 1. The Bertz CT molecular complexity index is 1530. The number of para-hydroxylation sites is 1. The molecule has 3 aromatic carbocycles. The molecule has 1 heterocycles. The molecule has 0 spiro atoms. The first-order chi connectivity index (χ1) is 18.9. The largest absolute Gasteiger partial charge is 0.487 e. The fraction of sp³-hybridized carbons (Fsp3) is 0.129. The number of amides is 1. The highest BCUT2D eigenvalue weighted by atomic mass is 35.5. The summed E-state index contributed by atoms with van der Waals surface area (Å²) in [6.45, 7) is 5.69. The van der Waals surface area contributed by atoms with E-state index in [9.17, 15) is 13.6 Å². The Kier molecular flexibility index (Phi) is 9.18. The van der Waals surface area contributed by atoms with Gasteiger partial charge in [-0.25, -0.2) is 13.8 Å². The molecule has 4 aromatic rings. The second-order valence-electron chi connectivity index (χ2n) is 8.67. The van der Waals surface area contributed by atoms with Crippen LogP contribution < -0.4 is 9.64 Å². The number of pyridine rings is 1. The molecule has 0 saturated carbocycles. The molecule has 0 aliphatic carbocycles. The summed E-state index contributed by atoms with van der Waals surface area (Å²) < 4.78 is 34.8. The number of anilines is 1. The summed E-state index contributed by atoms with van der Waals surface area (Å²) in [4.78, 5) is 23.2. The predicted octanol–water partition coefficient (Wildman–Crippen LogP) is 7.48. The lowest BCUT2D eigenvalue weighted by molar-refractivity contribution is -0.118. The maximum absolute atomic E-state index is 14.4. The standard InChI is InChI=1S/C31H26ClF2N3O2/c1-3-6-21(18-35-2)19-37(31(38)17-27-28(33)15-23(32)16-29(27)34)25-11-13-26(14-12-25)39-20-24-10-9-22-7-4-5-8-30(22)36-24/h3-16,18H,2,17,19-20H2,1H3. The third-order valence-corrected chi connectivity index (χ3v) is 6.12. The van der Waals surface area contributed by atoms with Crippen LogP contribution in [0.5, 0.6) is 5.75 Å². The topological polar surface area (TPSA) is 54.8 Å². The Morgan fingerprint density at radius 2 is 1.79 bits per heavy atom. The number of ether oxygens (including phenoxy) is 1. The summed E-state index contributed by atoms with van der Waals surface area (Å²) in [5.74, 6) is -1.69. The van der Waals surface area contributed by atoms with Gasteiger partial charge in [0.05, 0.1) is 24.2 Å². The number of hydrogen-bond acceptors (Lipinski definition) is 4. The number of allylic oxidation sites excluding steroid dienone is 1. The first kappa shape index (κ1) is 27.7. The van der Waals surface area contributed by atoms with Gasteiger partial charge in [-0.3, -0.25) is 9.79 Å². The average molecular weight is 546 g/mol. The minimum atomic E-state index is -0.878. The first-order valence-electron chi connectivity index (χ1n) is 12.2. The predicted molar refractivity (Wildman–Crippen MR) is 152 cm³/mol. The van der Waals surface area contributed by atoms with Crippen LogP contribution in [0.25, 0.3) is 10.9 Å². The molecular formula is C31H26ClF2N3O2. The minimum absolute atomic E-state index is 0.0807. The molecular weight excluding hydrogens is 520 g/mol. The summed E-state index contributed by atoms with van der Waals surface area (Å²) >= 11 is 5.74. The van der Waals surface area contributed by atoms with Crippen LogP contribution in [-0.2, 0) is 17.8 Å². The Balaban J connectivity index is 1.55. The van der Waals surface area contributed by atoms with Crippen LogP contribution in [0, 0.1) is 11.6 Å². The van der Waals surface area contributed by atoms with E-state index >= 15 is 0 Å². The van der Waals surface area contributed by atoms with Crippen molar-refractivity contribution in [3.05, 3.63) is 125 Å². The number of rotatable bonds is 10. The number of carbonyl (C=O) groups excluding carboxylic acids is 1. The summed E-state index contributed by atoms with van der Waals surface area (Å²) in [5, 5.41) is 0.967. The molecule has 0 saturated heterocycles. The maximum atomic E-state index is 14.4. The van der Waals surface area contributed by atoms with Crippen molar-refractivity contribution in [1.82, 2.24) is 4.98 Å². The normalized spacial score (nSPS) is 11.6. The Hall–Kier alpha value is -4.36. The Morgan fingerprint density at radius 3 is 2.49 bits per heavy atom. The van der Waals surface area contributed by atoms with Crippen LogP contribution in [0.15, 0.2) is 102 Å². The lowest BCUT2D eigenvalue weighted by Crippen LogP contribution is -2.34. The average Bonchev–Trinajstić information content (AvgIpc) is 2.93. The lowest BCUT2D eigenvalue weighted by Gasteiger charge is -2.24. The molecule has 0 N–H and O–H groups in total. The number of benzene rings is 3. The minimum Gasteiger partial charge on any atom is -0.487 e. The van der Waals surface area contributed by atoms with Gasteiger partial charge in [0.1, 0.15) is 24.0 Å². The van der Waals surface area contributed by atoms with Crippen molar-refractivity contribution < 1.29 is 18.3 Å². The number of nitrogens with zero attached hydrogens (tertiary/aromatic N) is 3. The summed E-state index contributed by atoms with van der Waals surface area (Å²) in [5.41, 5.74) is 2.51. The van der Waals surface area contributed by atoms with Crippen LogP contribution >= 0.6 is 11.6 Å². The van der Waals surface area contributed by atoms with Crippen LogP contribution in [0.1, 0.15) is 18.2 Å². The van der Waals surface area contributed by atoms with Gasteiger partial charge in [-0.2, -0.15) is 0 Å². The zero-order valence-corrected chi connectivity index (χ0v) is 22.0. The van der Waals surface area contributed by atoms with Gasteiger partial charge < -0.3 is 9.64 Å². The van der Waals surface area contributed by atoms with Gasteiger partial charge in [0.2, 0.25) is 5.91 Å². The molecule has 198 valence electrons. The molecule has 0 aliphatic heterocycles. The van der Waals surface area contributed by atoms with Crippen molar-refractivity contribution in [2.75, 3.05) is 11.4 Å². The highest BCUT2D eigenvalue weighted by Gasteiger charge is 2.21. The molecule has 0 radical (unpaired) electrons. The van der Waals surface area contributed by atoms with Crippen LogP contribution in [0.3, 0.4) is 0 Å². The summed E-state index contributed by atoms with van der Waals surface area (Å²) in [6, 6.07) is 20.6. The molecule has 0 atom stereocenters. The van der Waals surface area contributed by atoms with Gasteiger partial charge in [-0.15, -0.1) is 0 Å². The van der Waals surface area contributed by atoms with Crippen molar-refractivity contribution in [2.24, 2.45) is 4.99 Å². The van der Waals surface area contributed by atoms with E-state index in [0.717, 1.165) is 28.7 Å². The lowest BCUT2D eigenvalue weighted by atomic mass is 10.1. The van der Waals surface area contributed by atoms with E-state index in [4.69, 9.17) is 16.3 Å². The van der Waals surface area contributed by atoms with Crippen LogP contribution in [0.2, 0.25) is 5.02 Å². The Morgan fingerprint density at radius 1 is 1.08 bits per heavy atom. The fourth-order valence-electron chi connectivity index (χ4n) is 4.03. The zero-order chi connectivity index (χ0) is 27.8. The zero-order valence-electron chi connectivity index (χ0n) is 21.3. The molecule has 4 rings (SSSR count). The summed E-state index contributed by atoms with van der Waals surface area (Å²) in [6.07, 6.45) is 4.62. The second kappa shape index (κ2) is 12.9. The first-order valence-corrected chi connectivity index (χ1v) is 12.5. The van der Waals surface area contributed by atoms with E-state index in [-0.39, 0.29) is 23.7 Å². The maximum Gasteiger partial charge on any atom is 0.231 e. The van der Waals surface area contributed by atoms with E-state index in [1.54, 1.807) is 36.4 Å². The number of aromatic nitrogens is 1. The Labute approximate surface area is 230 Å². The van der Waals surface area contributed by atoms with E-state index in [1.165, 1.54) is 11.1 Å².